The van der Waals surface area contributed by atoms with Crippen LogP contribution < -0.4 is 10.1 Å². The molecule has 0 aromatic heterocycles. The summed E-state index contributed by atoms with van der Waals surface area (Å²) in [7, 11) is 1.60. The Hall–Kier alpha value is -2.07. The Balaban J connectivity index is 2.33. The molecule has 112 valence electrons. The van der Waals surface area contributed by atoms with Gasteiger partial charge < -0.3 is 15.2 Å². The van der Waals surface area contributed by atoms with Crippen molar-refractivity contribution in [2.45, 2.75) is 19.4 Å². The smallest absolute Gasteiger partial charge is 0.126 e. The minimum absolute atomic E-state index is 0.160. The lowest BCUT2D eigenvalue weighted by Gasteiger charge is -2.31. The lowest BCUT2D eigenvalue weighted by molar-refractivity contribution is 0.223. The number of aryl methyl sites for hydroxylation is 1. The molecule has 2 rings (SSSR count). The molecule has 2 N–H and O–H groups in total. The third-order valence-electron chi connectivity index (χ3n) is 3.62. The fourth-order valence-corrected chi connectivity index (χ4v) is 2.16. The number of aliphatic hydroxyl groups is 1. The van der Waals surface area contributed by atoms with Gasteiger partial charge in [0, 0.05) is 11.8 Å². The van der Waals surface area contributed by atoms with Crippen molar-refractivity contribution in [1.82, 2.24) is 0 Å². The van der Waals surface area contributed by atoms with E-state index in [1.165, 1.54) is 6.07 Å². The van der Waals surface area contributed by atoms with E-state index in [2.05, 4.69) is 5.32 Å². The zero-order chi connectivity index (χ0) is 15.5. The maximum Gasteiger partial charge on any atom is 0.126 e. The highest BCUT2D eigenvalue weighted by molar-refractivity contribution is 5.51. The molecule has 0 heterocycles. The summed E-state index contributed by atoms with van der Waals surface area (Å²) in [5.74, 6) is 0.440. The molecule has 0 bridgehead atoms. The summed E-state index contributed by atoms with van der Waals surface area (Å²) in [4.78, 5) is 0. The number of hydrogen-bond acceptors (Lipinski definition) is 3. The summed E-state index contributed by atoms with van der Waals surface area (Å²) in [6.07, 6.45) is 0. The number of methoxy groups -OCH3 is 1. The van der Waals surface area contributed by atoms with Gasteiger partial charge >= 0.3 is 0 Å². The largest absolute Gasteiger partial charge is 0.497 e. The summed E-state index contributed by atoms with van der Waals surface area (Å²) in [5, 5.41) is 13.0. The van der Waals surface area contributed by atoms with Crippen molar-refractivity contribution in [3.63, 3.8) is 0 Å². The molecule has 0 saturated heterocycles. The van der Waals surface area contributed by atoms with Crippen LogP contribution in [0, 0.1) is 12.7 Å². The van der Waals surface area contributed by atoms with Gasteiger partial charge in [-0.05, 0) is 43.2 Å². The van der Waals surface area contributed by atoms with E-state index in [1.54, 1.807) is 20.1 Å². The second kappa shape index (κ2) is 6.14. The predicted octanol–water partition coefficient (Wildman–Crippen LogP) is 3.46. The van der Waals surface area contributed by atoms with Crippen LogP contribution in [0.15, 0.2) is 42.5 Å². The zero-order valence-corrected chi connectivity index (χ0v) is 12.5. The molecule has 0 aliphatic heterocycles. The van der Waals surface area contributed by atoms with Gasteiger partial charge in [0.05, 0.1) is 19.3 Å². The molecule has 1 atom stereocenters. The van der Waals surface area contributed by atoms with Gasteiger partial charge in [0.25, 0.3) is 0 Å². The maximum atomic E-state index is 13.8. The Morgan fingerprint density at radius 2 is 2.00 bits per heavy atom. The maximum absolute atomic E-state index is 13.8. The van der Waals surface area contributed by atoms with Crippen LogP contribution in [-0.2, 0) is 5.54 Å². The summed E-state index contributed by atoms with van der Waals surface area (Å²) in [5.41, 5.74) is 1.30. The minimum Gasteiger partial charge on any atom is -0.497 e. The Bertz CT molecular complexity index is 630. The normalized spacial score (nSPS) is 13.6. The van der Waals surface area contributed by atoms with Crippen molar-refractivity contribution in [3.05, 3.63) is 59.4 Å². The average Bonchev–Trinajstić information content (AvgIpc) is 2.50. The molecule has 2 aromatic carbocycles. The molecule has 4 heteroatoms. The van der Waals surface area contributed by atoms with E-state index in [0.29, 0.717) is 11.1 Å². The molecule has 0 fully saturated rings. The van der Waals surface area contributed by atoms with Crippen LogP contribution in [0.5, 0.6) is 5.75 Å². The summed E-state index contributed by atoms with van der Waals surface area (Å²) < 4.78 is 19.0. The molecule has 0 saturated carbocycles. The fourth-order valence-electron chi connectivity index (χ4n) is 2.16. The van der Waals surface area contributed by atoms with E-state index in [-0.39, 0.29) is 12.4 Å². The van der Waals surface area contributed by atoms with Gasteiger partial charge in [-0.1, -0.05) is 18.2 Å². The van der Waals surface area contributed by atoms with Crippen LogP contribution in [0.1, 0.15) is 18.1 Å². The first-order chi connectivity index (χ1) is 9.98. The predicted molar refractivity (Wildman–Crippen MR) is 82.2 cm³/mol. The highest BCUT2D eigenvalue weighted by Crippen LogP contribution is 2.28. The van der Waals surface area contributed by atoms with E-state index < -0.39 is 5.54 Å². The topological polar surface area (TPSA) is 41.5 Å². The van der Waals surface area contributed by atoms with Gasteiger partial charge in [-0.2, -0.15) is 0 Å². The number of halogens is 1. The van der Waals surface area contributed by atoms with Crippen LogP contribution in [0.4, 0.5) is 10.1 Å². The Labute approximate surface area is 124 Å². The van der Waals surface area contributed by atoms with E-state index in [9.17, 15) is 9.50 Å². The van der Waals surface area contributed by atoms with Crippen molar-refractivity contribution >= 4 is 5.69 Å². The van der Waals surface area contributed by atoms with Gasteiger partial charge in [-0.15, -0.1) is 0 Å². The van der Waals surface area contributed by atoms with Crippen LogP contribution in [-0.4, -0.2) is 18.8 Å². The highest BCUT2D eigenvalue weighted by Gasteiger charge is 2.26. The van der Waals surface area contributed by atoms with Gasteiger partial charge in [0.15, 0.2) is 0 Å². The number of benzene rings is 2. The first-order valence-electron chi connectivity index (χ1n) is 6.78. The fraction of sp³-hybridized carbons (Fsp3) is 0.294. The molecule has 1 unspecified atom stereocenters. The van der Waals surface area contributed by atoms with Crippen LogP contribution in [0.3, 0.4) is 0 Å². The number of rotatable bonds is 5. The minimum atomic E-state index is -0.777. The van der Waals surface area contributed by atoms with Crippen molar-refractivity contribution in [2.24, 2.45) is 0 Å². The van der Waals surface area contributed by atoms with Crippen LogP contribution in [0.2, 0.25) is 0 Å². The Morgan fingerprint density at radius 3 is 2.62 bits per heavy atom. The second-order valence-corrected chi connectivity index (χ2v) is 5.31. The van der Waals surface area contributed by atoms with Crippen LogP contribution in [0.25, 0.3) is 0 Å². The van der Waals surface area contributed by atoms with E-state index in [0.717, 1.165) is 11.4 Å². The van der Waals surface area contributed by atoms with Gasteiger partial charge in [0.1, 0.15) is 11.6 Å². The lowest BCUT2D eigenvalue weighted by atomic mass is 9.91. The molecular weight excluding hydrogens is 269 g/mol. The molecule has 0 radical (unpaired) electrons. The third kappa shape index (κ3) is 3.34. The third-order valence-corrected chi connectivity index (χ3v) is 3.62. The summed E-state index contributed by atoms with van der Waals surface area (Å²) in [6, 6.07) is 12.4. The zero-order valence-electron chi connectivity index (χ0n) is 12.5. The van der Waals surface area contributed by atoms with E-state index in [1.807, 2.05) is 37.3 Å². The lowest BCUT2D eigenvalue weighted by Crippen LogP contribution is -2.36. The molecule has 0 aliphatic rings. The monoisotopic (exact) mass is 289 g/mol. The average molecular weight is 289 g/mol. The first-order valence-corrected chi connectivity index (χ1v) is 6.78. The second-order valence-electron chi connectivity index (χ2n) is 5.31. The molecule has 0 aliphatic carbocycles. The first kappa shape index (κ1) is 15.3. The number of nitrogens with one attached hydrogen (secondary N) is 1. The van der Waals surface area contributed by atoms with Gasteiger partial charge in [-0.25, -0.2) is 4.39 Å². The highest BCUT2D eigenvalue weighted by atomic mass is 19.1. The quantitative estimate of drug-likeness (QED) is 0.885. The molecule has 21 heavy (non-hydrogen) atoms. The molecule has 2 aromatic rings. The standard InChI is InChI=1S/C17H20FNO2/c1-12-7-8-13(9-16(12)18)17(2,11-20)19-14-5-4-6-15(10-14)21-3/h4-10,19-20H,11H2,1-3H3. The Kier molecular flexibility index (Phi) is 4.48. The van der Waals surface area contributed by atoms with E-state index in [4.69, 9.17) is 4.74 Å². The Morgan fingerprint density at radius 1 is 1.24 bits per heavy atom. The number of hydrogen-bond donors (Lipinski definition) is 2. The van der Waals surface area contributed by atoms with Crippen molar-refractivity contribution in [3.8, 4) is 5.75 Å². The summed E-state index contributed by atoms with van der Waals surface area (Å²) >= 11 is 0. The summed E-state index contributed by atoms with van der Waals surface area (Å²) in [6.45, 7) is 3.38. The van der Waals surface area contributed by atoms with Crippen LogP contribution >= 0.6 is 0 Å². The number of ether oxygens (including phenoxy) is 1. The van der Waals surface area contributed by atoms with Gasteiger partial charge in [-0.3, -0.25) is 0 Å². The number of anilines is 1. The SMILES string of the molecule is COc1cccc(NC(C)(CO)c2ccc(C)c(F)c2)c1. The van der Waals surface area contributed by atoms with Gasteiger partial charge in [0.2, 0.25) is 0 Å². The molecule has 0 spiro atoms. The molecular formula is C17H20FNO2. The molecule has 3 nitrogen and oxygen atoms in total. The number of aliphatic hydroxyl groups excluding tert-OH is 1. The van der Waals surface area contributed by atoms with Crippen molar-refractivity contribution < 1.29 is 14.2 Å². The van der Waals surface area contributed by atoms with Crippen molar-refractivity contribution in [2.75, 3.05) is 19.0 Å². The van der Waals surface area contributed by atoms with Crippen molar-refractivity contribution in [1.29, 1.82) is 0 Å². The van der Waals surface area contributed by atoms with E-state index >= 15 is 0 Å². The molecule has 0 amide bonds.